The van der Waals surface area contributed by atoms with E-state index in [-0.39, 0.29) is 18.2 Å². The minimum Gasteiger partial charge on any atom is -0.425 e. The summed E-state index contributed by atoms with van der Waals surface area (Å²) in [6.45, 7) is 4.67. The van der Waals surface area contributed by atoms with Crippen LogP contribution in [0.2, 0.25) is 0 Å². The molecule has 0 radical (unpaired) electrons. The van der Waals surface area contributed by atoms with Crippen LogP contribution in [0.3, 0.4) is 0 Å². The zero-order valence-electron chi connectivity index (χ0n) is 16.9. The van der Waals surface area contributed by atoms with E-state index in [1.165, 1.54) is 0 Å². The highest BCUT2D eigenvalue weighted by molar-refractivity contribution is 7.92. The van der Waals surface area contributed by atoms with E-state index in [1.54, 1.807) is 38.1 Å². The summed E-state index contributed by atoms with van der Waals surface area (Å²) < 4.78 is 30.2. The molecule has 1 saturated carbocycles. The summed E-state index contributed by atoms with van der Waals surface area (Å²) >= 11 is 0. The summed E-state index contributed by atoms with van der Waals surface area (Å²) in [5, 5.41) is 7.91. The van der Waals surface area contributed by atoms with Crippen molar-refractivity contribution >= 4 is 15.7 Å². The van der Waals surface area contributed by atoms with Crippen molar-refractivity contribution in [3.63, 3.8) is 0 Å². The molecule has 2 heterocycles. The van der Waals surface area contributed by atoms with Gasteiger partial charge in [0, 0.05) is 24.9 Å². The molecule has 0 bridgehead atoms. The summed E-state index contributed by atoms with van der Waals surface area (Å²) in [5.41, 5.74) is 0.825. The number of sulfone groups is 1. The molecule has 1 aromatic carbocycles. The van der Waals surface area contributed by atoms with Crippen LogP contribution in [-0.4, -0.2) is 47.8 Å². The van der Waals surface area contributed by atoms with Crippen molar-refractivity contribution in [2.45, 2.75) is 67.9 Å². The lowest BCUT2D eigenvalue weighted by molar-refractivity contribution is -0.131. The maximum atomic E-state index is 12.7. The number of amides is 1. The van der Waals surface area contributed by atoms with Crippen molar-refractivity contribution in [2.75, 3.05) is 13.1 Å². The van der Waals surface area contributed by atoms with Crippen LogP contribution in [-0.2, 0) is 21.1 Å². The van der Waals surface area contributed by atoms with E-state index in [0.717, 1.165) is 37.1 Å². The topological polar surface area (TPSA) is 93.4 Å². The Morgan fingerprint density at radius 2 is 1.59 bits per heavy atom. The molecule has 29 heavy (non-hydrogen) atoms. The van der Waals surface area contributed by atoms with Gasteiger partial charge in [-0.1, -0.05) is 12.1 Å². The van der Waals surface area contributed by atoms with Gasteiger partial charge in [-0.25, -0.2) is 8.42 Å². The van der Waals surface area contributed by atoms with Gasteiger partial charge in [0.05, 0.1) is 16.6 Å². The van der Waals surface area contributed by atoms with Gasteiger partial charge in [-0.05, 0) is 57.2 Å². The standard InChI is InChI=1S/C21H27N3O4S/c1-14(2)29(26,27)18-7-3-15(4-8-18)13-19(25)24-11-9-17(10-12-24)21-23-22-20(28-21)16-5-6-16/h3-4,7-8,14,16-17H,5-6,9-13H2,1-2H3. The van der Waals surface area contributed by atoms with E-state index in [4.69, 9.17) is 4.42 Å². The van der Waals surface area contributed by atoms with Crippen molar-refractivity contribution in [1.82, 2.24) is 15.1 Å². The quantitative estimate of drug-likeness (QED) is 0.717. The lowest BCUT2D eigenvalue weighted by atomic mass is 9.96. The third-order valence-electron chi connectivity index (χ3n) is 5.81. The number of likely N-dealkylation sites (tertiary alicyclic amines) is 1. The first-order valence-electron chi connectivity index (χ1n) is 10.3. The molecule has 1 saturated heterocycles. The lowest BCUT2D eigenvalue weighted by Gasteiger charge is -2.30. The fourth-order valence-corrected chi connectivity index (χ4v) is 4.70. The van der Waals surface area contributed by atoms with Gasteiger partial charge in [0.1, 0.15) is 0 Å². The third-order valence-corrected chi connectivity index (χ3v) is 7.98. The Morgan fingerprint density at radius 3 is 2.10 bits per heavy atom. The van der Waals surface area contributed by atoms with E-state index < -0.39 is 15.1 Å². The number of nitrogens with zero attached hydrogens (tertiary/aromatic N) is 3. The van der Waals surface area contributed by atoms with Gasteiger partial charge in [0.2, 0.25) is 17.7 Å². The van der Waals surface area contributed by atoms with Crippen molar-refractivity contribution < 1.29 is 17.6 Å². The van der Waals surface area contributed by atoms with Crippen LogP contribution >= 0.6 is 0 Å². The highest BCUT2D eigenvalue weighted by Gasteiger charge is 2.32. The Kier molecular flexibility index (Phi) is 5.46. The van der Waals surface area contributed by atoms with E-state index in [9.17, 15) is 13.2 Å². The molecule has 1 aromatic heterocycles. The van der Waals surface area contributed by atoms with E-state index >= 15 is 0 Å². The van der Waals surface area contributed by atoms with Gasteiger partial charge in [-0.3, -0.25) is 4.79 Å². The molecule has 2 aromatic rings. The molecule has 4 rings (SSSR count). The summed E-state index contributed by atoms with van der Waals surface area (Å²) in [6.07, 6.45) is 4.20. The molecular formula is C21H27N3O4S. The maximum Gasteiger partial charge on any atom is 0.226 e. The summed E-state index contributed by atoms with van der Waals surface area (Å²) in [5.74, 6) is 2.22. The highest BCUT2D eigenvalue weighted by atomic mass is 32.2. The van der Waals surface area contributed by atoms with Gasteiger partial charge in [-0.15, -0.1) is 10.2 Å². The van der Waals surface area contributed by atoms with Crippen LogP contribution in [0.1, 0.15) is 68.7 Å². The van der Waals surface area contributed by atoms with Crippen molar-refractivity contribution in [3.8, 4) is 0 Å². The predicted octanol–water partition coefficient (Wildman–Crippen LogP) is 3.08. The molecule has 1 aliphatic carbocycles. The number of carbonyl (C=O) groups is 1. The highest BCUT2D eigenvalue weighted by Crippen LogP contribution is 2.40. The van der Waals surface area contributed by atoms with E-state index in [2.05, 4.69) is 10.2 Å². The predicted molar refractivity (Wildman–Crippen MR) is 107 cm³/mol. The third kappa shape index (κ3) is 4.37. The second-order valence-corrected chi connectivity index (χ2v) is 10.8. The summed E-state index contributed by atoms with van der Waals surface area (Å²) in [4.78, 5) is 14.8. The number of benzene rings is 1. The smallest absolute Gasteiger partial charge is 0.226 e. The average Bonchev–Trinajstić information content (AvgIpc) is 3.45. The summed E-state index contributed by atoms with van der Waals surface area (Å²) in [6, 6.07) is 6.66. The Hall–Kier alpha value is -2.22. The fraction of sp³-hybridized carbons (Fsp3) is 0.571. The van der Waals surface area contributed by atoms with Crippen LogP contribution in [0.4, 0.5) is 0 Å². The monoisotopic (exact) mass is 417 g/mol. The minimum atomic E-state index is -3.29. The fourth-order valence-electron chi connectivity index (χ4n) is 3.64. The molecule has 7 nitrogen and oxygen atoms in total. The number of aromatic nitrogens is 2. The zero-order valence-corrected chi connectivity index (χ0v) is 17.7. The molecule has 8 heteroatoms. The van der Waals surface area contributed by atoms with E-state index in [1.807, 2.05) is 4.90 Å². The SMILES string of the molecule is CC(C)S(=O)(=O)c1ccc(CC(=O)N2CCC(c3nnc(C4CC4)o3)CC2)cc1. The van der Waals surface area contributed by atoms with Crippen molar-refractivity contribution in [3.05, 3.63) is 41.6 Å². The number of piperidine rings is 1. The van der Waals surface area contributed by atoms with Gasteiger partial charge < -0.3 is 9.32 Å². The Bertz CT molecular complexity index is 970. The first-order chi connectivity index (χ1) is 13.8. The largest absolute Gasteiger partial charge is 0.425 e. The molecule has 2 aliphatic rings. The number of rotatable bonds is 6. The molecule has 156 valence electrons. The molecule has 1 amide bonds. The molecule has 0 atom stereocenters. The van der Waals surface area contributed by atoms with Crippen molar-refractivity contribution in [1.29, 1.82) is 0 Å². The van der Waals surface area contributed by atoms with Crippen molar-refractivity contribution in [2.24, 2.45) is 0 Å². The molecular weight excluding hydrogens is 390 g/mol. The average molecular weight is 418 g/mol. The molecule has 2 fully saturated rings. The maximum absolute atomic E-state index is 12.7. The van der Waals surface area contributed by atoms with Crippen LogP contribution in [0, 0.1) is 0 Å². The van der Waals surface area contributed by atoms with Gasteiger partial charge in [-0.2, -0.15) is 0 Å². The first kappa shape index (κ1) is 20.1. The number of hydrogen-bond donors (Lipinski definition) is 0. The molecule has 0 N–H and O–H groups in total. The van der Waals surface area contributed by atoms with Gasteiger partial charge in [0.15, 0.2) is 9.84 Å². The van der Waals surface area contributed by atoms with Gasteiger partial charge in [0.25, 0.3) is 0 Å². The molecule has 1 aliphatic heterocycles. The van der Waals surface area contributed by atoms with Crippen LogP contribution < -0.4 is 0 Å². The normalized spacial score (nSPS) is 18.4. The number of hydrogen-bond acceptors (Lipinski definition) is 6. The zero-order chi connectivity index (χ0) is 20.6. The first-order valence-corrected chi connectivity index (χ1v) is 11.8. The van der Waals surface area contributed by atoms with Crippen LogP contribution in [0.15, 0.2) is 33.6 Å². The second-order valence-electron chi connectivity index (χ2n) is 8.32. The Labute approximate surface area is 171 Å². The second kappa shape index (κ2) is 7.89. The van der Waals surface area contributed by atoms with Crippen LogP contribution in [0.25, 0.3) is 0 Å². The van der Waals surface area contributed by atoms with E-state index in [0.29, 0.717) is 29.8 Å². The minimum absolute atomic E-state index is 0.0621. The Morgan fingerprint density at radius 1 is 1.03 bits per heavy atom. The lowest BCUT2D eigenvalue weighted by Crippen LogP contribution is -2.38. The van der Waals surface area contributed by atoms with Gasteiger partial charge >= 0.3 is 0 Å². The molecule has 0 unspecified atom stereocenters. The summed E-state index contributed by atoms with van der Waals surface area (Å²) in [7, 11) is -3.29. The number of carbonyl (C=O) groups excluding carboxylic acids is 1. The Balaban J connectivity index is 1.31. The van der Waals surface area contributed by atoms with Crippen LogP contribution in [0.5, 0.6) is 0 Å². The molecule has 0 spiro atoms.